The van der Waals surface area contributed by atoms with Gasteiger partial charge in [0.1, 0.15) is 7.57 Å². The van der Waals surface area contributed by atoms with Crippen molar-refractivity contribution in [2.45, 2.75) is 0 Å². The van der Waals surface area contributed by atoms with E-state index in [2.05, 4.69) is 12.5 Å². The molecule has 0 aromatic rings. The molecule has 0 saturated carbocycles. The fraction of sp³-hybridized carbons (Fsp3) is 0. The molecule has 0 spiro atoms. The van der Waals surface area contributed by atoms with Crippen LogP contribution in [0.5, 0.6) is 0 Å². The molecular formula is H5B2PS. The lowest BCUT2D eigenvalue weighted by Gasteiger charge is -1.64. The van der Waals surface area contributed by atoms with Crippen LogP contribution in [0.25, 0.3) is 0 Å². The van der Waals surface area contributed by atoms with Crippen LogP contribution < -0.4 is 0 Å². The molecule has 0 aliphatic heterocycles. The van der Waals surface area contributed by atoms with Crippen molar-refractivity contribution >= 4 is 34.6 Å². The Bertz CT molecular complexity index is 23.6. The fourth-order valence-corrected chi connectivity index (χ4v) is 0. The molecule has 0 saturated heterocycles. The molecule has 0 radical (unpaired) electrons. The topological polar surface area (TPSA) is 0 Å². The van der Waals surface area contributed by atoms with Crippen LogP contribution in [0.1, 0.15) is 0 Å². The van der Waals surface area contributed by atoms with Crippen LogP contribution in [-0.4, -0.2) is 15.1 Å². The van der Waals surface area contributed by atoms with Crippen molar-refractivity contribution < 1.29 is 0 Å². The van der Waals surface area contributed by atoms with Crippen LogP contribution in [0.2, 0.25) is 0 Å². The molecule has 0 amide bonds. The maximum atomic E-state index is 6.70. The second-order valence-electron chi connectivity index (χ2n) is 0.418. The summed E-state index contributed by atoms with van der Waals surface area (Å²) in [7, 11) is 2.61. The normalized spacial score (nSPS) is 12.8. The van der Waals surface area contributed by atoms with Crippen molar-refractivity contribution in [3.63, 3.8) is 0 Å². The van der Waals surface area contributed by atoms with Gasteiger partial charge in [0.05, 0.1) is 0 Å². The van der Waals surface area contributed by atoms with Gasteiger partial charge in [0.25, 0.3) is 0 Å². The van der Waals surface area contributed by atoms with Crippen LogP contribution in [0, 0.1) is 0 Å². The standard InChI is InChI=1S/B2H5PS/c1-3-2-4/h2-4H,1H2/i2T. The summed E-state index contributed by atoms with van der Waals surface area (Å²) in [6, 6.07) is 0. The average molecular weight is 91.7 g/mol. The van der Waals surface area contributed by atoms with E-state index in [-0.39, 0.29) is 6.24 Å². The minimum absolute atomic E-state index is 0.144. The minimum atomic E-state index is -0.144. The molecule has 0 aromatic carbocycles. The molecule has 0 aliphatic carbocycles. The van der Waals surface area contributed by atoms with Gasteiger partial charge in [-0.25, -0.2) is 12.5 Å². The molecule has 1 atom stereocenters. The van der Waals surface area contributed by atoms with E-state index < -0.39 is 0 Å². The number of thiol groups is 1. The molecule has 0 nitrogen and oxygen atoms in total. The van der Waals surface area contributed by atoms with Gasteiger partial charge in [0.2, 0.25) is 6.24 Å². The molecule has 0 heterocycles. The van der Waals surface area contributed by atoms with Gasteiger partial charge < -0.3 is 0 Å². The highest BCUT2D eigenvalue weighted by Crippen LogP contribution is 1.94. The number of hydrogen-bond donors (Lipinski definition) is 1. The van der Waals surface area contributed by atoms with Crippen molar-refractivity contribution in [2.24, 2.45) is 0 Å². The molecule has 0 bridgehead atoms. The van der Waals surface area contributed by atoms with Gasteiger partial charge in [0.15, 0.2) is 0 Å². The quantitative estimate of drug-likeness (QED) is 0.249. The van der Waals surface area contributed by atoms with E-state index >= 15 is 0 Å². The second kappa shape index (κ2) is 3.91. The van der Waals surface area contributed by atoms with E-state index in [1.54, 1.807) is 0 Å². The molecule has 1 unspecified atom stereocenters. The third-order valence-electron chi connectivity index (χ3n) is 0.129. The number of hydrogen-bond acceptors (Lipinski definition) is 1. The van der Waals surface area contributed by atoms with Gasteiger partial charge in [-0.15, -0.1) is 0 Å². The first kappa shape index (κ1) is 3.11. The summed E-state index contributed by atoms with van der Waals surface area (Å²) in [6.07, 6.45) is -0.144. The summed E-state index contributed by atoms with van der Waals surface area (Å²) in [4.78, 5) is 0. The average Bonchev–Trinajstić information content (AvgIpc) is 1.38. The maximum absolute atomic E-state index is 6.70. The predicted octanol–water partition coefficient (Wildman–Crippen LogP) is -0.591. The molecule has 0 aromatic heterocycles. The summed E-state index contributed by atoms with van der Waals surface area (Å²) < 4.78 is 6.70. The van der Waals surface area contributed by atoms with Crippen LogP contribution in [0.15, 0.2) is 0 Å². The van der Waals surface area contributed by atoms with Crippen LogP contribution >= 0.6 is 20.8 Å². The smallest absolute Gasteiger partial charge is 0.203 e. The van der Waals surface area contributed by atoms with Gasteiger partial charge in [-0.2, -0.15) is 8.34 Å². The van der Waals surface area contributed by atoms with E-state index in [1.807, 2.05) is 7.57 Å². The van der Waals surface area contributed by atoms with Gasteiger partial charge in [-0.1, -0.05) is 0 Å². The first-order valence-corrected chi connectivity index (χ1v) is 3.14. The molecule has 0 rings (SSSR count). The molecule has 4 heteroatoms. The monoisotopic (exact) mass is 92.0 g/mol. The summed E-state index contributed by atoms with van der Waals surface area (Å²) in [6.45, 7) is 0. The Kier molecular flexibility index (Phi) is 3.04. The molecule has 0 aliphatic rings. The van der Waals surface area contributed by atoms with Gasteiger partial charge in [0, 0.05) is 0 Å². The number of rotatable bonds is 1. The van der Waals surface area contributed by atoms with Gasteiger partial charge in [-0.05, 0) is 1.34 Å². The van der Waals surface area contributed by atoms with Crippen molar-refractivity contribution in [3.8, 4) is 0 Å². The maximum Gasteiger partial charge on any atom is 0.203 e. The van der Waals surface area contributed by atoms with Crippen LogP contribution in [0.3, 0.4) is 0 Å². The van der Waals surface area contributed by atoms with E-state index in [1.165, 1.54) is 0 Å². The van der Waals surface area contributed by atoms with Crippen molar-refractivity contribution in [1.29, 1.82) is 1.34 Å². The fourth-order valence-electron chi connectivity index (χ4n) is 0. The highest BCUT2D eigenvalue weighted by atomic mass is 32.1. The Morgan fingerprint density at radius 2 is 2.75 bits per heavy atom. The molecule has 22 valence electrons. The SMILES string of the molecule is [3H]B(S)PB. The highest BCUT2D eigenvalue weighted by molar-refractivity contribution is 8.27. The summed E-state index contributed by atoms with van der Waals surface area (Å²) in [5.41, 5.74) is 0. The van der Waals surface area contributed by atoms with Crippen molar-refractivity contribution in [3.05, 3.63) is 0 Å². The third kappa shape index (κ3) is 2.91. The van der Waals surface area contributed by atoms with E-state index in [0.717, 1.165) is 0 Å². The van der Waals surface area contributed by atoms with E-state index in [0.29, 0.717) is 8.34 Å². The second-order valence-corrected chi connectivity index (χ2v) is 2.03. The largest absolute Gasteiger partial charge is 0.226 e. The Labute approximate surface area is 36.8 Å². The van der Waals surface area contributed by atoms with Crippen molar-refractivity contribution in [2.75, 3.05) is 0 Å². The summed E-state index contributed by atoms with van der Waals surface area (Å²) in [5, 5.41) is 0. The Hall–Kier alpha value is 0.910. The lowest BCUT2D eigenvalue weighted by atomic mass is 10.7. The van der Waals surface area contributed by atoms with Crippen molar-refractivity contribution in [1.82, 2.24) is 0 Å². The zero-order chi connectivity index (χ0) is 4.28. The Balaban J connectivity index is 2.54. The zero-order valence-corrected chi connectivity index (χ0v) is 4.42. The van der Waals surface area contributed by atoms with Gasteiger partial charge in [-0.3, -0.25) is 0 Å². The highest BCUT2D eigenvalue weighted by Gasteiger charge is 1.62. The van der Waals surface area contributed by atoms with E-state index in [9.17, 15) is 0 Å². The summed E-state index contributed by atoms with van der Waals surface area (Å²) in [5.74, 6) is 0. The molecular weight excluding hydrogens is 84.7 g/mol. The first-order chi connectivity index (χ1) is 2.27. The zero-order valence-electron chi connectivity index (χ0n) is 3.52. The first-order valence-electron chi connectivity index (χ1n) is 1.62. The van der Waals surface area contributed by atoms with Crippen LogP contribution in [-0.2, 0) is 0 Å². The van der Waals surface area contributed by atoms with E-state index in [4.69, 9.17) is 1.34 Å². The lowest BCUT2D eigenvalue weighted by molar-refractivity contribution is 4.67. The molecule has 0 fully saturated rings. The van der Waals surface area contributed by atoms with Gasteiger partial charge >= 0.3 is 0 Å². The summed E-state index contributed by atoms with van der Waals surface area (Å²) >= 11 is 3.78. The lowest BCUT2D eigenvalue weighted by Crippen LogP contribution is -1.51. The molecule has 4 heavy (non-hydrogen) atoms. The Morgan fingerprint density at radius 3 is 2.75 bits per heavy atom. The van der Waals surface area contributed by atoms with Crippen LogP contribution in [0.4, 0.5) is 0 Å². The predicted molar refractivity (Wildman–Crippen MR) is 33.0 cm³/mol. The Morgan fingerprint density at radius 1 is 2.50 bits per heavy atom. The molecule has 0 N–H and O–H groups in total. The minimum Gasteiger partial charge on any atom is -0.226 e. The third-order valence-corrected chi connectivity index (χ3v) is 1.16.